The molecule has 0 spiro atoms. The highest BCUT2D eigenvalue weighted by molar-refractivity contribution is 5.85. The van der Waals surface area contributed by atoms with Gasteiger partial charge in [-0.15, -0.1) is 0 Å². The Morgan fingerprint density at radius 2 is 1.75 bits per heavy atom. The van der Waals surface area contributed by atoms with Crippen molar-refractivity contribution in [3.05, 3.63) is 72.1 Å². The molecule has 5 heteroatoms. The molecule has 0 amide bonds. The van der Waals surface area contributed by atoms with Crippen molar-refractivity contribution in [3.8, 4) is 11.3 Å². The Morgan fingerprint density at radius 1 is 1.00 bits per heavy atom. The van der Waals surface area contributed by atoms with Gasteiger partial charge in [-0.3, -0.25) is 0 Å². The highest BCUT2D eigenvalue weighted by Gasteiger charge is 2.31. The number of hydrogen-bond acceptors (Lipinski definition) is 1. The third-order valence-electron chi connectivity index (χ3n) is 3.75. The molecule has 0 aliphatic heterocycles. The van der Waals surface area contributed by atoms with Crippen molar-refractivity contribution < 1.29 is 17.6 Å². The molecular weight excluding hydrogens is 318 g/mol. The Labute approximate surface area is 136 Å². The number of hydrogen-bond donors (Lipinski definition) is 0. The van der Waals surface area contributed by atoms with E-state index in [0.717, 1.165) is 34.7 Å². The third kappa shape index (κ3) is 3.02. The van der Waals surface area contributed by atoms with Gasteiger partial charge in [-0.1, -0.05) is 24.3 Å². The molecule has 0 radical (unpaired) electrons. The number of halogens is 4. The molecule has 3 aromatic rings. The summed E-state index contributed by atoms with van der Waals surface area (Å²) in [5.74, 6) is -0.742. The summed E-state index contributed by atoms with van der Waals surface area (Å²) in [4.78, 5) is 4.29. The van der Waals surface area contributed by atoms with Crippen LogP contribution in [0, 0.1) is 5.82 Å². The minimum Gasteiger partial charge on any atom is -0.248 e. The van der Waals surface area contributed by atoms with Gasteiger partial charge in [-0.05, 0) is 48.9 Å². The summed E-state index contributed by atoms with van der Waals surface area (Å²) < 4.78 is 52.5. The molecule has 1 aromatic heterocycles. The number of alkyl halides is 3. The summed E-state index contributed by atoms with van der Waals surface area (Å²) in [6.45, 7) is 5.74. The summed E-state index contributed by atoms with van der Waals surface area (Å²) in [5.41, 5.74) is 1.50. The van der Waals surface area contributed by atoms with Crippen LogP contribution >= 0.6 is 0 Å². The van der Waals surface area contributed by atoms with Gasteiger partial charge >= 0.3 is 6.18 Å². The average Bonchev–Trinajstić information content (AvgIpc) is 2.53. The zero-order chi connectivity index (χ0) is 17.5. The van der Waals surface area contributed by atoms with Crippen LogP contribution in [0.2, 0.25) is 0 Å². The van der Waals surface area contributed by atoms with Crippen LogP contribution in [0.3, 0.4) is 0 Å². The fourth-order valence-corrected chi connectivity index (χ4v) is 2.44. The first-order chi connectivity index (χ1) is 11.3. The SMILES string of the molecule is C=C(C)c1ccc2nc(-c3cc(C(F)(F)F)ccc3F)ccc2c1. The van der Waals surface area contributed by atoms with Crippen LogP contribution in [-0.2, 0) is 6.18 Å². The van der Waals surface area contributed by atoms with Gasteiger partial charge in [0, 0.05) is 10.9 Å². The fraction of sp³-hybridized carbons (Fsp3) is 0.105. The molecule has 0 atom stereocenters. The average molecular weight is 331 g/mol. The van der Waals surface area contributed by atoms with Gasteiger partial charge in [-0.2, -0.15) is 13.2 Å². The van der Waals surface area contributed by atoms with Gasteiger partial charge in [0.1, 0.15) is 5.82 Å². The summed E-state index contributed by atoms with van der Waals surface area (Å²) in [7, 11) is 0. The van der Waals surface area contributed by atoms with Crippen molar-refractivity contribution in [1.82, 2.24) is 4.98 Å². The molecule has 3 rings (SSSR count). The van der Waals surface area contributed by atoms with E-state index in [9.17, 15) is 17.6 Å². The van der Waals surface area contributed by atoms with Crippen LogP contribution in [0.4, 0.5) is 17.6 Å². The maximum absolute atomic E-state index is 14.0. The van der Waals surface area contributed by atoms with E-state index in [0.29, 0.717) is 5.52 Å². The predicted octanol–water partition coefficient (Wildman–Crippen LogP) is 6.09. The molecule has 0 aliphatic rings. The van der Waals surface area contributed by atoms with E-state index in [4.69, 9.17) is 0 Å². The van der Waals surface area contributed by atoms with Crippen molar-refractivity contribution in [2.45, 2.75) is 13.1 Å². The van der Waals surface area contributed by atoms with E-state index in [2.05, 4.69) is 11.6 Å². The summed E-state index contributed by atoms with van der Waals surface area (Å²) in [6, 6.07) is 11.0. The number of benzene rings is 2. The first-order valence-electron chi connectivity index (χ1n) is 7.19. The molecule has 1 heterocycles. The first-order valence-corrected chi connectivity index (χ1v) is 7.19. The second-order valence-electron chi connectivity index (χ2n) is 5.58. The van der Waals surface area contributed by atoms with E-state index in [1.807, 2.05) is 19.1 Å². The molecule has 122 valence electrons. The molecular formula is C19H13F4N. The Morgan fingerprint density at radius 3 is 2.42 bits per heavy atom. The lowest BCUT2D eigenvalue weighted by molar-refractivity contribution is -0.137. The number of aromatic nitrogens is 1. The van der Waals surface area contributed by atoms with Crippen molar-refractivity contribution >= 4 is 16.5 Å². The van der Waals surface area contributed by atoms with Crippen LogP contribution in [0.25, 0.3) is 27.7 Å². The van der Waals surface area contributed by atoms with Gasteiger partial charge in [0.25, 0.3) is 0 Å². The number of nitrogens with zero attached hydrogens (tertiary/aromatic N) is 1. The maximum atomic E-state index is 14.0. The number of pyridine rings is 1. The molecule has 0 N–H and O–H groups in total. The normalized spacial score (nSPS) is 11.7. The second kappa shape index (κ2) is 5.74. The molecule has 1 nitrogen and oxygen atoms in total. The van der Waals surface area contributed by atoms with E-state index in [-0.39, 0.29) is 11.3 Å². The third-order valence-corrected chi connectivity index (χ3v) is 3.75. The molecule has 0 unspecified atom stereocenters. The number of rotatable bonds is 2. The Kier molecular flexibility index (Phi) is 3.87. The van der Waals surface area contributed by atoms with Gasteiger partial charge in [0.2, 0.25) is 0 Å². The molecule has 0 bridgehead atoms. The molecule has 24 heavy (non-hydrogen) atoms. The van der Waals surface area contributed by atoms with Crippen molar-refractivity contribution in [2.75, 3.05) is 0 Å². The minimum atomic E-state index is -4.53. The standard InChI is InChI=1S/C19H13F4N/c1-11(2)12-3-7-17-13(9-12)4-8-18(24-17)15-10-14(19(21,22)23)5-6-16(15)20/h3-10H,1H2,2H3. The lowest BCUT2D eigenvalue weighted by Crippen LogP contribution is -2.05. The first kappa shape index (κ1) is 16.2. The van der Waals surface area contributed by atoms with Crippen LogP contribution in [-0.4, -0.2) is 4.98 Å². The number of allylic oxidation sites excluding steroid dienone is 1. The van der Waals surface area contributed by atoms with E-state index < -0.39 is 17.6 Å². The topological polar surface area (TPSA) is 12.9 Å². The maximum Gasteiger partial charge on any atom is 0.416 e. The smallest absolute Gasteiger partial charge is 0.248 e. The molecule has 0 aliphatic carbocycles. The lowest BCUT2D eigenvalue weighted by atomic mass is 10.0. The highest BCUT2D eigenvalue weighted by Crippen LogP contribution is 2.33. The van der Waals surface area contributed by atoms with E-state index in [1.165, 1.54) is 6.07 Å². The number of fused-ring (bicyclic) bond motifs is 1. The summed E-state index contributed by atoms with van der Waals surface area (Å²) in [5, 5.41) is 0.812. The quantitative estimate of drug-likeness (QED) is 0.518. The zero-order valence-corrected chi connectivity index (χ0v) is 12.8. The molecule has 0 saturated heterocycles. The van der Waals surface area contributed by atoms with E-state index >= 15 is 0 Å². The summed E-state index contributed by atoms with van der Waals surface area (Å²) >= 11 is 0. The van der Waals surface area contributed by atoms with Gasteiger partial charge in [0.05, 0.1) is 16.8 Å². The Balaban J connectivity index is 2.13. The van der Waals surface area contributed by atoms with Crippen molar-refractivity contribution in [2.24, 2.45) is 0 Å². The lowest BCUT2D eigenvalue weighted by Gasteiger charge is -2.10. The fourth-order valence-electron chi connectivity index (χ4n) is 2.44. The Bertz CT molecular complexity index is 942. The van der Waals surface area contributed by atoms with Crippen LogP contribution in [0.1, 0.15) is 18.1 Å². The highest BCUT2D eigenvalue weighted by atomic mass is 19.4. The van der Waals surface area contributed by atoms with Crippen LogP contribution in [0.15, 0.2) is 55.1 Å². The molecule has 2 aromatic carbocycles. The van der Waals surface area contributed by atoms with E-state index in [1.54, 1.807) is 12.1 Å². The van der Waals surface area contributed by atoms with Gasteiger partial charge in [0.15, 0.2) is 0 Å². The van der Waals surface area contributed by atoms with Gasteiger partial charge in [-0.25, -0.2) is 9.37 Å². The summed E-state index contributed by atoms with van der Waals surface area (Å²) in [6.07, 6.45) is -4.53. The monoisotopic (exact) mass is 331 g/mol. The zero-order valence-electron chi connectivity index (χ0n) is 12.8. The van der Waals surface area contributed by atoms with Crippen LogP contribution < -0.4 is 0 Å². The van der Waals surface area contributed by atoms with Crippen LogP contribution in [0.5, 0.6) is 0 Å². The molecule has 0 fully saturated rings. The minimum absolute atomic E-state index is 0.161. The van der Waals surface area contributed by atoms with Crippen molar-refractivity contribution in [3.63, 3.8) is 0 Å². The second-order valence-corrected chi connectivity index (χ2v) is 5.58. The van der Waals surface area contributed by atoms with Crippen molar-refractivity contribution in [1.29, 1.82) is 0 Å². The largest absolute Gasteiger partial charge is 0.416 e. The molecule has 0 saturated carbocycles. The Hall–Kier alpha value is -2.69. The predicted molar refractivity (Wildman–Crippen MR) is 86.8 cm³/mol. The van der Waals surface area contributed by atoms with Gasteiger partial charge < -0.3 is 0 Å².